The average molecular weight is 298 g/mol. The van der Waals surface area contributed by atoms with Crippen molar-refractivity contribution in [1.82, 2.24) is 4.37 Å². The first-order valence-corrected chi connectivity index (χ1v) is 5.85. The molecular formula is C5H3IN2OS2. The Morgan fingerprint density at radius 1 is 1.82 bits per heavy atom. The maximum absolute atomic E-state index is 9.02. The molecule has 0 amide bonds. The lowest BCUT2D eigenvalue weighted by Crippen LogP contribution is -1.71. The van der Waals surface area contributed by atoms with Gasteiger partial charge in [-0.3, -0.25) is 0 Å². The van der Waals surface area contributed by atoms with E-state index in [1.165, 1.54) is 11.8 Å². The average Bonchev–Trinajstić information content (AvgIpc) is 2.33. The third-order valence-corrected chi connectivity index (χ3v) is 3.66. The van der Waals surface area contributed by atoms with E-state index < -0.39 is 0 Å². The molecule has 0 saturated heterocycles. The molecule has 0 aliphatic rings. The zero-order valence-corrected chi connectivity index (χ0v) is 9.03. The van der Waals surface area contributed by atoms with Crippen LogP contribution >= 0.6 is 45.9 Å². The highest BCUT2D eigenvalue weighted by atomic mass is 127. The molecule has 1 heterocycles. The standard InChI is InChI=1S/C5H3IN2OS2/c6-2-10-5-3(1-7)4(9)8-11-5/h2H2,(H,8,9). The van der Waals surface area contributed by atoms with Crippen molar-refractivity contribution in [3.05, 3.63) is 5.56 Å². The summed E-state index contributed by atoms with van der Waals surface area (Å²) in [6.45, 7) is 0. The van der Waals surface area contributed by atoms with Crippen molar-refractivity contribution in [3.8, 4) is 11.9 Å². The molecule has 3 nitrogen and oxygen atoms in total. The second-order valence-electron chi connectivity index (χ2n) is 1.53. The monoisotopic (exact) mass is 298 g/mol. The first-order chi connectivity index (χ1) is 5.29. The van der Waals surface area contributed by atoms with Crippen molar-refractivity contribution in [1.29, 1.82) is 5.26 Å². The van der Waals surface area contributed by atoms with E-state index in [1.54, 1.807) is 0 Å². The summed E-state index contributed by atoms with van der Waals surface area (Å²) in [4.78, 5) is 0. The molecule has 0 saturated carbocycles. The summed E-state index contributed by atoms with van der Waals surface area (Å²) in [7, 11) is 0. The molecule has 1 aromatic heterocycles. The number of halogens is 1. The van der Waals surface area contributed by atoms with Crippen LogP contribution in [0.3, 0.4) is 0 Å². The van der Waals surface area contributed by atoms with Crippen LogP contribution < -0.4 is 0 Å². The van der Waals surface area contributed by atoms with Crippen LogP contribution in [0.15, 0.2) is 4.21 Å². The molecule has 0 fully saturated rings. The summed E-state index contributed by atoms with van der Waals surface area (Å²) in [5.74, 6) is -0.148. The normalized spacial score (nSPS) is 9.45. The Morgan fingerprint density at radius 3 is 3.09 bits per heavy atom. The van der Waals surface area contributed by atoms with E-state index in [9.17, 15) is 0 Å². The van der Waals surface area contributed by atoms with Crippen LogP contribution in [0.1, 0.15) is 5.56 Å². The highest BCUT2D eigenvalue weighted by Crippen LogP contribution is 2.33. The molecule has 0 bridgehead atoms. The molecule has 0 spiro atoms. The molecule has 0 aromatic carbocycles. The maximum Gasteiger partial charge on any atom is 0.242 e. The van der Waals surface area contributed by atoms with Crippen LogP contribution in [0.5, 0.6) is 5.88 Å². The van der Waals surface area contributed by atoms with Crippen LogP contribution in [0.25, 0.3) is 0 Å². The second kappa shape index (κ2) is 4.13. The summed E-state index contributed by atoms with van der Waals surface area (Å²) in [6, 6.07) is 1.90. The number of rotatable bonds is 2. The number of aromatic hydroxyl groups is 1. The molecule has 0 radical (unpaired) electrons. The van der Waals surface area contributed by atoms with Gasteiger partial charge in [-0.15, -0.1) is 11.8 Å². The summed E-state index contributed by atoms with van der Waals surface area (Å²) in [6.07, 6.45) is 0. The zero-order valence-electron chi connectivity index (χ0n) is 5.24. The molecule has 6 heteroatoms. The van der Waals surface area contributed by atoms with Crippen molar-refractivity contribution in [2.75, 3.05) is 3.76 Å². The molecule has 1 aromatic rings. The van der Waals surface area contributed by atoms with Crippen LogP contribution in [0.2, 0.25) is 0 Å². The Kier molecular flexibility index (Phi) is 3.42. The van der Waals surface area contributed by atoms with Gasteiger partial charge in [0.05, 0.1) is 3.76 Å². The molecule has 0 aliphatic heterocycles. The molecule has 11 heavy (non-hydrogen) atoms. The number of thioether (sulfide) groups is 1. The van der Waals surface area contributed by atoms with Gasteiger partial charge in [0, 0.05) is 0 Å². The predicted molar refractivity (Wildman–Crippen MR) is 53.2 cm³/mol. The van der Waals surface area contributed by atoms with E-state index >= 15 is 0 Å². The van der Waals surface area contributed by atoms with Gasteiger partial charge in [0.25, 0.3) is 0 Å². The minimum Gasteiger partial charge on any atom is -0.492 e. The number of aromatic nitrogens is 1. The van der Waals surface area contributed by atoms with Gasteiger partial charge in [-0.1, -0.05) is 22.6 Å². The van der Waals surface area contributed by atoms with Crippen molar-refractivity contribution < 1.29 is 5.11 Å². The molecule has 58 valence electrons. The van der Waals surface area contributed by atoms with Gasteiger partial charge in [-0.25, -0.2) is 0 Å². The quantitative estimate of drug-likeness (QED) is 0.516. The van der Waals surface area contributed by atoms with Crippen LogP contribution in [0.4, 0.5) is 0 Å². The minimum atomic E-state index is -0.148. The highest BCUT2D eigenvalue weighted by Gasteiger charge is 2.11. The summed E-state index contributed by atoms with van der Waals surface area (Å²) >= 11 is 4.85. The number of hydrogen-bond acceptors (Lipinski definition) is 5. The molecule has 0 unspecified atom stereocenters. The Balaban J connectivity index is 2.98. The van der Waals surface area contributed by atoms with Gasteiger partial charge in [-0.05, 0) is 11.5 Å². The Labute approximate surface area is 85.7 Å². The first kappa shape index (κ1) is 9.09. The fraction of sp³-hybridized carbons (Fsp3) is 0.200. The zero-order chi connectivity index (χ0) is 8.27. The number of nitrogens with zero attached hydrogens (tertiary/aromatic N) is 2. The molecule has 1 N–H and O–H groups in total. The Bertz CT molecular complexity index is 293. The fourth-order valence-electron chi connectivity index (χ4n) is 0.511. The maximum atomic E-state index is 9.02. The van der Waals surface area contributed by atoms with Gasteiger partial charge >= 0.3 is 0 Å². The Hall–Kier alpha value is -0.000000000000000111. The number of hydrogen-bond donors (Lipinski definition) is 1. The van der Waals surface area contributed by atoms with Gasteiger partial charge in [-0.2, -0.15) is 9.64 Å². The largest absolute Gasteiger partial charge is 0.492 e. The predicted octanol–water partition coefficient (Wildman–Crippen LogP) is 2.20. The summed E-state index contributed by atoms with van der Waals surface area (Å²) in [5, 5.41) is 17.6. The van der Waals surface area contributed by atoms with Gasteiger partial charge in [0.2, 0.25) is 5.88 Å². The van der Waals surface area contributed by atoms with Gasteiger partial charge in [0.15, 0.2) is 0 Å². The van der Waals surface area contributed by atoms with E-state index in [4.69, 9.17) is 10.4 Å². The topological polar surface area (TPSA) is 56.9 Å². The summed E-state index contributed by atoms with van der Waals surface area (Å²) < 4.78 is 5.30. The van der Waals surface area contributed by atoms with Crippen LogP contribution in [-0.2, 0) is 0 Å². The van der Waals surface area contributed by atoms with Crippen molar-refractivity contribution in [3.63, 3.8) is 0 Å². The lowest BCUT2D eigenvalue weighted by Gasteiger charge is -1.88. The molecular weight excluding hydrogens is 295 g/mol. The van der Waals surface area contributed by atoms with Gasteiger partial charge < -0.3 is 5.11 Å². The fourth-order valence-corrected chi connectivity index (χ4v) is 3.45. The smallest absolute Gasteiger partial charge is 0.242 e. The third kappa shape index (κ3) is 1.98. The lowest BCUT2D eigenvalue weighted by atomic mass is 10.4. The van der Waals surface area contributed by atoms with Crippen molar-refractivity contribution >= 4 is 45.9 Å². The number of nitriles is 1. The Morgan fingerprint density at radius 2 is 2.55 bits per heavy atom. The second-order valence-corrected chi connectivity index (χ2v) is 5.35. The third-order valence-electron chi connectivity index (χ3n) is 0.940. The summed E-state index contributed by atoms with van der Waals surface area (Å²) in [5.41, 5.74) is 0.302. The van der Waals surface area contributed by atoms with Crippen LogP contribution in [0, 0.1) is 11.3 Å². The van der Waals surface area contributed by atoms with E-state index in [1.807, 2.05) is 6.07 Å². The first-order valence-electron chi connectivity index (χ1n) is 2.57. The van der Waals surface area contributed by atoms with E-state index in [-0.39, 0.29) is 5.88 Å². The highest BCUT2D eigenvalue weighted by molar-refractivity contribution is 14.1. The van der Waals surface area contributed by atoms with Crippen LogP contribution in [-0.4, -0.2) is 13.2 Å². The lowest BCUT2D eigenvalue weighted by molar-refractivity contribution is 0.457. The molecule has 0 atom stereocenters. The SMILES string of the molecule is N#Cc1c(O)nsc1SCI. The van der Waals surface area contributed by atoms with Crippen molar-refractivity contribution in [2.45, 2.75) is 4.21 Å². The van der Waals surface area contributed by atoms with Gasteiger partial charge in [0.1, 0.15) is 15.8 Å². The molecule has 1 rings (SSSR count). The molecule has 0 aliphatic carbocycles. The van der Waals surface area contributed by atoms with E-state index in [2.05, 4.69) is 27.0 Å². The van der Waals surface area contributed by atoms with Crippen molar-refractivity contribution in [2.24, 2.45) is 0 Å². The minimum absolute atomic E-state index is 0.148. The number of alkyl halides is 1. The van der Waals surface area contributed by atoms with E-state index in [0.717, 1.165) is 19.5 Å². The van der Waals surface area contributed by atoms with E-state index in [0.29, 0.717) is 5.56 Å².